The molecule has 0 saturated heterocycles. The molecule has 1 aliphatic rings. The van der Waals surface area contributed by atoms with Crippen LogP contribution < -0.4 is 4.74 Å². The van der Waals surface area contributed by atoms with Gasteiger partial charge in [-0.15, -0.1) is 0 Å². The number of fused-ring (bicyclic) bond motifs is 1. The number of ether oxygens (including phenoxy) is 1. The van der Waals surface area contributed by atoms with E-state index in [2.05, 4.69) is 16.9 Å². The maximum absolute atomic E-state index is 12.8. The highest BCUT2D eigenvalue weighted by Gasteiger charge is 2.33. The van der Waals surface area contributed by atoms with E-state index in [1.54, 1.807) is 29.2 Å². The van der Waals surface area contributed by atoms with E-state index < -0.39 is 11.9 Å². The summed E-state index contributed by atoms with van der Waals surface area (Å²) in [6, 6.07) is 10.4. The molecular weight excluding hydrogens is 409 g/mol. The van der Waals surface area contributed by atoms with Crippen LogP contribution >= 0.6 is 0 Å². The van der Waals surface area contributed by atoms with Crippen LogP contribution in [0.3, 0.4) is 0 Å². The van der Waals surface area contributed by atoms with Crippen molar-refractivity contribution in [2.24, 2.45) is 0 Å². The van der Waals surface area contributed by atoms with Gasteiger partial charge in [0.2, 0.25) is 11.7 Å². The van der Waals surface area contributed by atoms with Crippen LogP contribution in [0.15, 0.2) is 42.5 Å². The fourth-order valence-corrected chi connectivity index (χ4v) is 3.57. The van der Waals surface area contributed by atoms with E-state index in [9.17, 15) is 18.0 Å². The Kier molecular flexibility index (Phi) is 5.43. The molecule has 3 aromatic rings. The van der Waals surface area contributed by atoms with Crippen LogP contribution in [0.1, 0.15) is 41.8 Å². The normalized spacial score (nSPS) is 13.6. The third kappa shape index (κ3) is 4.12. The minimum Gasteiger partial charge on any atom is -0.439 e. The summed E-state index contributed by atoms with van der Waals surface area (Å²) in [6.45, 7) is 5.07. The van der Waals surface area contributed by atoms with Gasteiger partial charge < -0.3 is 14.2 Å². The lowest BCUT2D eigenvalue weighted by molar-refractivity contribution is -0.141. The number of benzene rings is 1. The van der Waals surface area contributed by atoms with Gasteiger partial charge in [-0.2, -0.15) is 13.2 Å². The van der Waals surface area contributed by atoms with Crippen molar-refractivity contribution in [2.75, 3.05) is 6.54 Å². The minimum atomic E-state index is -4.54. The number of alkyl halides is 3. The first-order valence-electron chi connectivity index (χ1n) is 9.97. The second-order valence-corrected chi connectivity index (χ2v) is 7.35. The van der Waals surface area contributed by atoms with E-state index in [0.717, 1.165) is 35.9 Å². The molecule has 0 atom stereocenters. The van der Waals surface area contributed by atoms with E-state index in [1.165, 1.54) is 12.1 Å². The maximum Gasteiger partial charge on any atom is 0.433 e. The zero-order valence-corrected chi connectivity index (χ0v) is 17.1. The van der Waals surface area contributed by atoms with Crippen molar-refractivity contribution in [3.63, 3.8) is 0 Å². The topological polar surface area (TPSA) is 60.3 Å². The molecule has 3 heterocycles. The average molecular weight is 430 g/mol. The van der Waals surface area contributed by atoms with Crippen molar-refractivity contribution < 1.29 is 22.7 Å². The molecule has 1 amide bonds. The first kappa shape index (κ1) is 20.9. The van der Waals surface area contributed by atoms with Gasteiger partial charge in [-0.3, -0.25) is 4.79 Å². The molecule has 0 radical (unpaired) electrons. The number of amides is 1. The summed E-state index contributed by atoms with van der Waals surface area (Å²) in [5.41, 5.74) is 1.41. The van der Waals surface area contributed by atoms with Crippen molar-refractivity contribution in [1.82, 2.24) is 19.4 Å². The number of imidazole rings is 1. The Hall–Kier alpha value is -3.36. The summed E-state index contributed by atoms with van der Waals surface area (Å²) in [4.78, 5) is 22.3. The smallest absolute Gasteiger partial charge is 0.433 e. The first-order chi connectivity index (χ1) is 14.8. The molecule has 0 N–H and O–H groups in total. The van der Waals surface area contributed by atoms with Crippen molar-refractivity contribution in [2.45, 2.75) is 39.5 Å². The maximum atomic E-state index is 12.8. The first-order valence-corrected chi connectivity index (χ1v) is 9.97. The van der Waals surface area contributed by atoms with Crippen molar-refractivity contribution in [3.8, 4) is 22.9 Å². The van der Waals surface area contributed by atoms with Gasteiger partial charge in [0.25, 0.3) is 5.91 Å². The summed E-state index contributed by atoms with van der Waals surface area (Å²) in [6.07, 6.45) is -2.60. The molecule has 0 spiro atoms. The molecule has 162 valence electrons. The Balaban J connectivity index is 1.55. The number of carbonyl (C=O) groups excluding carboxylic acids is 1. The van der Waals surface area contributed by atoms with Crippen molar-refractivity contribution in [3.05, 3.63) is 59.7 Å². The number of carbonyl (C=O) groups is 1. The van der Waals surface area contributed by atoms with Gasteiger partial charge in [-0.05, 0) is 43.7 Å². The fraction of sp³-hybridized carbons (Fsp3) is 0.318. The van der Waals surface area contributed by atoms with E-state index in [1.807, 2.05) is 11.5 Å². The quantitative estimate of drug-likeness (QED) is 0.534. The monoisotopic (exact) mass is 430 g/mol. The lowest BCUT2D eigenvalue weighted by Crippen LogP contribution is -2.26. The number of aryl methyl sites for hydroxylation is 1. The highest BCUT2D eigenvalue weighted by Crippen LogP contribution is 2.32. The third-order valence-electron chi connectivity index (χ3n) is 5.08. The molecule has 1 aromatic carbocycles. The van der Waals surface area contributed by atoms with E-state index in [4.69, 9.17) is 4.74 Å². The highest BCUT2D eigenvalue weighted by molar-refractivity contribution is 5.94. The number of nitrogens with zero attached hydrogens (tertiary/aromatic N) is 4. The zero-order chi connectivity index (χ0) is 22.2. The summed E-state index contributed by atoms with van der Waals surface area (Å²) < 4.78 is 45.9. The zero-order valence-electron chi connectivity index (χ0n) is 17.1. The van der Waals surface area contributed by atoms with Crippen LogP contribution in [-0.4, -0.2) is 31.9 Å². The summed E-state index contributed by atoms with van der Waals surface area (Å²) in [7, 11) is 0. The molecule has 0 saturated carbocycles. The largest absolute Gasteiger partial charge is 0.439 e. The molecule has 6 nitrogen and oxygen atoms in total. The molecule has 31 heavy (non-hydrogen) atoms. The molecule has 0 aliphatic carbocycles. The number of rotatable bonds is 6. The van der Waals surface area contributed by atoms with Gasteiger partial charge in [-0.25, -0.2) is 9.97 Å². The fourth-order valence-electron chi connectivity index (χ4n) is 3.57. The van der Waals surface area contributed by atoms with Gasteiger partial charge in [0.1, 0.15) is 11.4 Å². The van der Waals surface area contributed by atoms with Gasteiger partial charge in [0.15, 0.2) is 0 Å². The summed E-state index contributed by atoms with van der Waals surface area (Å²) >= 11 is 0. The minimum absolute atomic E-state index is 0.0709. The molecule has 4 rings (SSSR count). The van der Waals surface area contributed by atoms with Crippen LogP contribution in [0.4, 0.5) is 13.2 Å². The number of aromatic nitrogens is 3. The third-order valence-corrected chi connectivity index (χ3v) is 5.08. The Bertz CT molecular complexity index is 1110. The second-order valence-electron chi connectivity index (χ2n) is 7.35. The lowest BCUT2D eigenvalue weighted by Gasteiger charge is -2.15. The predicted molar refractivity (Wildman–Crippen MR) is 108 cm³/mol. The van der Waals surface area contributed by atoms with Crippen molar-refractivity contribution in [1.29, 1.82) is 0 Å². The number of hydrogen-bond donors (Lipinski definition) is 0. The molecular formula is C22H21F3N4O2. The SMILES string of the molecule is CCCCN1Cn2c(nc(C)c2-c2ccc(Oc3cccc(C(F)(F)F)n3)cc2)C1=O. The Morgan fingerprint density at radius 2 is 1.84 bits per heavy atom. The molecule has 2 aromatic heterocycles. The Labute approximate surface area is 177 Å². The van der Waals surface area contributed by atoms with Crippen LogP contribution in [0.2, 0.25) is 0 Å². The molecule has 0 bridgehead atoms. The highest BCUT2D eigenvalue weighted by atomic mass is 19.4. The van der Waals surface area contributed by atoms with Crippen LogP contribution in [0.25, 0.3) is 11.3 Å². The molecule has 0 unspecified atom stereocenters. The molecule has 0 fully saturated rings. The number of unbranched alkanes of at least 4 members (excludes halogenated alkanes) is 1. The second kappa shape index (κ2) is 8.05. The van der Waals surface area contributed by atoms with Crippen LogP contribution in [-0.2, 0) is 12.8 Å². The molecule has 1 aliphatic heterocycles. The number of hydrogen-bond acceptors (Lipinski definition) is 4. The number of pyridine rings is 1. The van der Waals surface area contributed by atoms with Gasteiger partial charge >= 0.3 is 6.18 Å². The van der Waals surface area contributed by atoms with E-state index in [-0.39, 0.29) is 11.8 Å². The van der Waals surface area contributed by atoms with E-state index >= 15 is 0 Å². The Morgan fingerprint density at radius 1 is 1.10 bits per heavy atom. The van der Waals surface area contributed by atoms with E-state index in [0.29, 0.717) is 24.8 Å². The van der Waals surface area contributed by atoms with Crippen LogP contribution in [0, 0.1) is 6.92 Å². The van der Waals surface area contributed by atoms with Crippen LogP contribution in [0.5, 0.6) is 11.6 Å². The standard InChI is InChI=1S/C22H21F3N4O2/c1-3-4-12-28-13-29-19(14(2)26-20(29)21(28)30)15-8-10-16(11-9-15)31-18-7-5-6-17(27-18)22(23,24)25/h5-11H,3-4,12-13H2,1-2H3. The van der Waals surface area contributed by atoms with Gasteiger partial charge in [0, 0.05) is 18.2 Å². The van der Waals surface area contributed by atoms with Gasteiger partial charge in [0.05, 0.1) is 18.1 Å². The molecule has 9 heteroatoms. The predicted octanol–water partition coefficient (Wildman–Crippen LogP) is 5.28. The lowest BCUT2D eigenvalue weighted by atomic mass is 10.1. The Morgan fingerprint density at radius 3 is 2.52 bits per heavy atom. The summed E-state index contributed by atoms with van der Waals surface area (Å²) in [5.74, 6) is 0.576. The van der Waals surface area contributed by atoms with Gasteiger partial charge in [-0.1, -0.05) is 19.4 Å². The summed E-state index contributed by atoms with van der Waals surface area (Å²) in [5, 5.41) is 0. The average Bonchev–Trinajstić information content (AvgIpc) is 3.21. The number of halogens is 3. The van der Waals surface area contributed by atoms with Crippen molar-refractivity contribution >= 4 is 5.91 Å².